The molecule has 52 heavy (non-hydrogen) atoms. The van der Waals surface area contributed by atoms with E-state index in [0.29, 0.717) is 17.0 Å². The molecule has 1 aromatic carbocycles. The molecule has 4 saturated carbocycles. The summed E-state index contributed by atoms with van der Waals surface area (Å²) in [5.74, 6) is 3.59. The number of carbonyl (C=O) groups excluding carboxylic acids is 2. The van der Waals surface area contributed by atoms with Gasteiger partial charge < -0.3 is 20.1 Å². The number of carbonyl (C=O) groups is 2. The molecule has 10 heteroatoms. The summed E-state index contributed by atoms with van der Waals surface area (Å²) in [4.78, 5) is 52.4. The van der Waals surface area contributed by atoms with Crippen LogP contribution in [0.2, 0.25) is 0 Å². The quantitative estimate of drug-likeness (QED) is 0.188. The maximum Gasteiger partial charge on any atom is 0.253 e. The van der Waals surface area contributed by atoms with E-state index < -0.39 is 0 Å². The molecular formula is C42H53N7O3. The molecule has 3 aromatic heterocycles. The van der Waals surface area contributed by atoms with Gasteiger partial charge in [0, 0.05) is 73.6 Å². The number of rotatable bonds is 10. The molecule has 0 unspecified atom stereocenters. The highest BCUT2D eigenvalue weighted by Gasteiger charge is 2.51. The van der Waals surface area contributed by atoms with Crippen molar-refractivity contribution in [2.75, 3.05) is 31.1 Å². The van der Waals surface area contributed by atoms with Gasteiger partial charge in [-0.2, -0.15) is 5.10 Å². The van der Waals surface area contributed by atoms with Crippen LogP contribution in [0.15, 0.2) is 47.5 Å². The van der Waals surface area contributed by atoms with Crippen LogP contribution in [-0.2, 0) is 17.8 Å². The third-order valence-electron chi connectivity index (χ3n) is 12.5. The molecule has 4 aliphatic carbocycles. The van der Waals surface area contributed by atoms with Crippen LogP contribution < -0.4 is 15.8 Å². The molecule has 2 amide bonds. The molecule has 0 radical (unpaired) electrons. The molecule has 274 valence electrons. The lowest BCUT2D eigenvalue weighted by Gasteiger charge is -2.57. The first-order valence-corrected chi connectivity index (χ1v) is 19.6. The Morgan fingerprint density at radius 2 is 1.67 bits per heavy atom. The lowest BCUT2D eigenvalue weighted by Crippen LogP contribution is -2.52. The van der Waals surface area contributed by atoms with Gasteiger partial charge in [-0.05, 0) is 130 Å². The molecule has 4 bridgehead atoms. The van der Waals surface area contributed by atoms with Crippen molar-refractivity contribution in [2.45, 2.75) is 98.1 Å². The Kier molecular flexibility index (Phi) is 9.20. The summed E-state index contributed by atoms with van der Waals surface area (Å²) in [6.07, 6.45) is 14.1. The van der Waals surface area contributed by atoms with Crippen LogP contribution in [0.5, 0.6) is 0 Å². The summed E-state index contributed by atoms with van der Waals surface area (Å²) < 4.78 is 1.94. The van der Waals surface area contributed by atoms with Gasteiger partial charge >= 0.3 is 0 Å². The number of pyridine rings is 2. The molecule has 5 aliphatic rings. The third-order valence-corrected chi connectivity index (χ3v) is 12.5. The fraction of sp³-hybridized carbons (Fsp3) is 0.548. The third kappa shape index (κ3) is 6.65. The first-order valence-electron chi connectivity index (χ1n) is 19.6. The summed E-state index contributed by atoms with van der Waals surface area (Å²) >= 11 is 0. The van der Waals surface area contributed by atoms with E-state index in [0.717, 1.165) is 102 Å². The molecule has 5 fully saturated rings. The fourth-order valence-corrected chi connectivity index (χ4v) is 10.5. The van der Waals surface area contributed by atoms with E-state index in [1.165, 1.54) is 38.5 Å². The van der Waals surface area contributed by atoms with Gasteiger partial charge in [-0.25, -0.2) is 4.98 Å². The standard InChI is InChI=1S/C42H53N7O3/c1-5-6-31-13-27(4)46-41(52)35(31)24-44-40(51)34-17-33(18-37-36(34)25-45-49(37)26(2)3)32-7-8-38(43-23-32)47-9-11-48(12-10-47)39(50)22-42-19-28-14-29(20-42)16-30(15-28)21-42/h7-8,13,17-18,23,25-26,28-30H,5-6,9-12,14-16,19-22,24H2,1-4H3,(H,44,51)(H,46,52). The molecule has 10 nitrogen and oxygen atoms in total. The molecule has 4 heterocycles. The molecule has 4 aromatic rings. The second kappa shape index (κ2) is 13.8. The minimum Gasteiger partial charge on any atom is -0.353 e. The average Bonchev–Trinajstić information content (AvgIpc) is 3.55. The van der Waals surface area contributed by atoms with E-state index in [-0.39, 0.29) is 29.5 Å². The molecular weight excluding hydrogens is 651 g/mol. The first-order chi connectivity index (χ1) is 25.1. The molecule has 0 atom stereocenters. The number of nitrogens with zero attached hydrogens (tertiary/aromatic N) is 5. The lowest BCUT2D eigenvalue weighted by atomic mass is 9.49. The van der Waals surface area contributed by atoms with Crippen molar-refractivity contribution >= 4 is 28.5 Å². The summed E-state index contributed by atoms with van der Waals surface area (Å²) in [6.45, 7) is 11.3. The Labute approximate surface area is 306 Å². The number of H-pyrrole nitrogens is 1. The van der Waals surface area contributed by atoms with E-state index >= 15 is 0 Å². The van der Waals surface area contributed by atoms with E-state index in [9.17, 15) is 14.4 Å². The van der Waals surface area contributed by atoms with Crippen molar-refractivity contribution in [1.82, 2.24) is 30.0 Å². The maximum absolute atomic E-state index is 13.8. The van der Waals surface area contributed by atoms with E-state index in [2.05, 4.69) is 58.1 Å². The van der Waals surface area contributed by atoms with Crippen molar-refractivity contribution in [1.29, 1.82) is 0 Å². The van der Waals surface area contributed by atoms with Crippen molar-refractivity contribution in [3.05, 3.63) is 75.5 Å². The molecule has 9 rings (SSSR count). The Hall–Kier alpha value is -4.47. The zero-order chi connectivity index (χ0) is 36.1. The lowest BCUT2D eigenvalue weighted by molar-refractivity contribution is -0.139. The maximum atomic E-state index is 13.8. The highest BCUT2D eigenvalue weighted by atomic mass is 16.2. The number of anilines is 1. The number of hydrogen-bond donors (Lipinski definition) is 2. The van der Waals surface area contributed by atoms with Gasteiger partial charge in [0.05, 0.1) is 17.3 Å². The summed E-state index contributed by atoms with van der Waals surface area (Å²) in [5, 5.41) is 8.43. The molecule has 0 spiro atoms. The van der Waals surface area contributed by atoms with Gasteiger partial charge in [-0.15, -0.1) is 0 Å². The number of amides is 2. The fourth-order valence-electron chi connectivity index (χ4n) is 10.5. The molecule has 1 aliphatic heterocycles. The zero-order valence-electron chi connectivity index (χ0n) is 31.2. The van der Waals surface area contributed by atoms with Crippen molar-refractivity contribution in [3.8, 4) is 11.1 Å². The number of aromatic amines is 1. The SMILES string of the molecule is CCCc1cc(C)[nH]c(=O)c1CNC(=O)c1cc(-c2ccc(N3CCN(C(=O)CC45CC6CC(CC(C6)C4)C5)CC3)nc2)cc2c1cnn2C(C)C. The molecule has 1 saturated heterocycles. The number of aromatic nitrogens is 4. The Bertz CT molecular complexity index is 2000. The number of fused-ring (bicyclic) bond motifs is 1. The van der Waals surface area contributed by atoms with Gasteiger partial charge in [0.15, 0.2) is 0 Å². The minimum absolute atomic E-state index is 0.102. The van der Waals surface area contributed by atoms with Crippen LogP contribution in [0.1, 0.15) is 105 Å². The topological polar surface area (TPSA) is 116 Å². The zero-order valence-corrected chi connectivity index (χ0v) is 31.2. The summed E-state index contributed by atoms with van der Waals surface area (Å²) in [6, 6.07) is 10.2. The van der Waals surface area contributed by atoms with Crippen molar-refractivity contribution in [2.24, 2.45) is 23.2 Å². The summed E-state index contributed by atoms with van der Waals surface area (Å²) in [7, 11) is 0. The van der Waals surface area contributed by atoms with Crippen LogP contribution in [0.25, 0.3) is 22.0 Å². The highest BCUT2D eigenvalue weighted by molar-refractivity contribution is 6.08. The van der Waals surface area contributed by atoms with Crippen LogP contribution in [-0.4, -0.2) is 62.6 Å². The van der Waals surface area contributed by atoms with Gasteiger partial charge in [0.25, 0.3) is 11.5 Å². The minimum atomic E-state index is -0.252. The predicted molar refractivity (Wildman–Crippen MR) is 204 cm³/mol. The number of hydrogen-bond acceptors (Lipinski definition) is 6. The van der Waals surface area contributed by atoms with Crippen molar-refractivity contribution in [3.63, 3.8) is 0 Å². The van der Waals surface area contributed by atoms with E-state index in [4.69, 9.17) is 4.98 Å². The Morgan fingerprint density at radius 3 is 2.31 bits per heavy atom. The number of benzene rings is 1. The Morgan fingerprint density at radius 1 is 0.962 bits per heavy atom. The van der Waals surface area contributed by atoms with Crippen molar-refractivity contribution < 1.29 is 9.59 Å². The number of aryl methyl sites for hydroxylation is 2. The number of nitrogens with one attached hydrogen (secondary N) is 2. The van der Waals surface area contributed by atoms with Crippen LogP contribution >= 0.6 is 0 Å². The van der Waals surface area contributed by atoms with Crippen LogP contribution in [0, 0.1) is 30.1 Å². The average molecular weight is 704 g/mol. The van der Waals surface area contributed by atoms with Gasteiger partial charge in [0.1, 0.15) is 5.82 Å². The first kappa shape index (κ1) is 34.6. The molecule has 2 N–H and O–H groups in total. The van der Waals surface area contributed by atoms with Crippen LogP contribution in [0.4, 0.5) is 5.82 Å². The second-order valence-corrected chi connectivity index (χ2v) is 16.7. The summed E-state index contributed by atoms with van der Waals surface area (Å²) in [5.41, 5.74) is 5.65. The largest absolute Gasteiger partial charge is 0.353 e. The predicted octanol–water partition coefficient (Wildman–Crippen LogP) is 6.81. The van der Waals surface area contributed by atoms with E-state index in [1.807, 2.05) is 36.0 Å². The van der Waals surface area contributed by atoms with Crippen LogP contribution in [0.3, 0.4) is 0 Å². The normalized spacial score (nSPS) is 23.9. The second-order valence-electron chi connectivity index (χ2n) is 16.7. The Balaban J connectivity index is 0.965. The van der Waals surface area contributed by atoms with Gasteiger partial charge in [-0.1, -0.05) is 13.3 Å². The highest BCUT2D eigenvalue weighted by Crippen LogP contribution is 2.61. The number of piperazine rings is 1. The van der Waals surface area contributed by atoms with Gasteiger partial charge in [-0.3, -0.25) is 19.1 Å². The van der Waals surface area contributed by atoms with Gasteiger partial charge in [0.2, 0.25) is 5.91 Å². The monoisotopic (exact) mass is 703 g/mol. The smallest absolute Gasteiger partial charge is 0.253 e. The van der Waals surface area contributed by atoms with E-state index in [1.54, 1.807) is 6.20 Å².